The summed E-state index contributed by atoms with van der Waals surface area (Å²) in [7, 11) is 0. The highest BCUT2D eigenvalue weighted by Crippen LogP contribution is 2.54. The van der Waals surface area contributed by atoms with Crippen molar-refractivity contribution in [2.45, 2.75) is 51.4 Å². The predicted octanol–water partition coefficient (Wildman–Crippen LogP) is 2.88. The minimum Gasteiger partial charge on any atom is -0.373 e. The number of aromatic nitrogens is 1. The van der Waals surface area contributed by atoms with E-state index in [0.717, 1.165) is 29.4 Å². The second-order valence-corrected chi connectivity index (χ2v) is 7.02. The van der Waals surface area contributed by atoms with Crippen LogP contribution in [0, 0.1) is 23.7 Å². The number of hydrogen-bond acceptors (Lipinski definition) is 3. The van der Waals surface area contributed by atoms with Crippen molar-refractivity contribution in [3.63, 3.8) is 0 Å². The third-order valence-electron chi connectivity index (χ3n) is 5.75. The number of rotatable bonds is 4. The number of ether oxygens (including phenoxy) is 1. The molecule has 4 saturated carbocycles. The Balaban J connectivity index is 1.45. The van der Waals surface area contributed by atoms with Crippen LogP contribution in [0.3, 0.4) is 0 Å². The van der Waals surface area contributed by atoms with Gasteiger partial charge in [-0.25, -0.2) is 0 Å². The lowest BCUT2D eigenvalue weighted by Crippen LogP contribution is -2.49. The molecule has 0 amide bonds. The Morgan fingerprint density at radius 1 is 1.10 bits per heavy atom. The van der Waals surface area contributed by atoms with Crippen molar-refractivity contribution >= 4 is 0 Å². The molecule has 1 heterocycles. The van der Waals surface area contributed by atoms with Crippen LogP contribution in [0.5, 0.6) is 0 Å². The lowest BCUT2D eigenvalue weighted by Gasteiger charge is -2.54. The Bertz CT molecular complexity index is 460. The first-order chi connectivity index (χ1) is 9.83. The first-order valence-electron chi connectivity index (χ1n) is 8.08. The molecule has 0 radical (unpaired) electrons. The molecule has 1 aromatic heterocycles. The SMILES string of the molecule is NCc1ncccc1COC1C2CC3CC(C2)CC1C3. The fraction of sp³-hybridized carbons (Fsp3) is 0.706. The number of pyridine rings is 1. The minimum absolute atomic E-state index is 0.494. The predicted molar refractivity (Wildman–Crippen MR) is 77.8 cm³/mol. The second kappa shape index (κ2) is 5.12. The molecule has 20 heavy (non-hydrogen) atoms. The van der Waals surface area contributed by atoms with Gasteiger partial charge in [0.05, 0.1) is 18.4 Å². The van der Waals surface area contributed by atoms with Crippen molar-refractivity contribution in [2.24, 2.45) is 29.4 Å². The summed E-state index contributed by atoms with van der Waals surface area (Å²) >= 11 is 0. The van der Waals surface area contributed by atoms with E-state index in [4.69, 9.17) is 10.5 Å². The van der Waals surface area contributed by atoms with E-state index in [1.54, 1.807) is 0 Å². The summed E-state index contributed by atoms with van der Waals surface area (Å²) in [5.41, 5.74) is 7.91. The van der Waals surface area contributed by atoms with Gasteiger partial charge in [0.2, 0.25) is 0 Å². The minimum atomic E-state index is 0.494. The Hall–Kier alpha value is -0.930. The largest absolute Gasteiger partial charge is 0.373 e. The van der Waals surface area contributed by atoms with Crippen LogP contribution >= 0.6 is 0 Å². The van der Waals surface area contributed by atoms with Crippen molar-refractivity contribution in [3.8, 4) is 0 Å². The monoisotopic (exact) mass is 272 g/mol. The summed E-state index contributed by atoms with van der Waals surface area (Å²) in [5.74, 6) is 3.67. The van der Waals surface area contributed by atoms with Gasteiger partial charge in [0.1, 0.15) is 0 Å². The van der Waals surface area contributed by atoms with E-state index >= 15 is 0 Å². The fourth-order valence-corrected chi connectivity index (χ4v) is 5.12. The third-order valence-corrected chi connectivity index (χ3v) is 5.75. The normalized spacial score (nSPS) is 38.4. The van der Waals surface area contributed by atoms with Crippen LogP contribution < -0.4 is 5.73 Å². The summed E-state index contributed by atoms with van der Waals surface area (Å²) in [5, 5.41) is 0. The molecular weight excluding hydrogens is 248 g/mol. The maximum Gasteiger partial charge on any atom is 0.0739 e. The highest BCUT2D eigenvalue weighted by molar-refractivity contribution is 5.18. The van der Waals surface area contributed by atoms with E-state index in [9.17, 15) is 0 Å². The van der Waals surface area contributed by atoms with Gasteiger partial charge in [0.15, 0.2) is 0 Å². The quantitative estimate of drug-likeness (QED) is 0.917. The molecule has 108 valence electrons. The number of nitrogens with zero attached hydrogens (tertiary/aromatic N) is 1. The molecule has 3 heteroatoms. The molecule has 3 nitrogen and oxygen atoms in total. The van der Waals surface area contributed by atoms with E-state index in [1.807, 2.05) is 12.3 Å². The first-order valence-corrected chi connectivity index (χ1v) is 8.08. The lowest BCUT2D eigenvalue weighted by molar-refractivity contribution is -0.132. The highest BCUT2D eigenvalue weighted by atomic mass is 16.5. The molecule has 0 atom stereocenters. The highest BCUT2D eigenvalue weighted by Gasteiger charge is 2.48. The maximum absolute atomic E-state index is 6.35. The van der Waals surface area contributed by atoms with Crippen molar-refractivity contribution in [3.05, 3.63) is 29.6 Å². The smallest absolute Gasteiger partial charge is 0.0739 e. The van der Waals surface area contributed by atoms with Crippen LogP contribution in [-0.4, -0.2) is 11.1 Å². The van der Waals surface area contributed by atoms with Gasteiger partial charge < -0.3 is 10.5 Å². The molecule has 0 aromatic carbocycles. The standard InChI is InChI=1S/C17H24N2O/c18-9-16-13(2-1-3-19-16)10-20-17-14-5-11-4-12(7-14)8-15(17)6-11/h1-3,11-12,14-15,17H,4-10,18H2. The van der Waals surface area contributed by atoms with Gasteiger partial charge in [0.25, 0.3) is 0 Å². The summed E-state index contributed by atoms with van der Waals surface area (Å²) in [4.78, 5) is 4.35. The molecule has 4 aliphatic carbocycles. The third kappa shape index (κ3) is 2.17. The Labute approximate surface area is 120 Å². The van der Waals surface area contributed by atoms with Gasteiger partial charge in [-0.3, -0.25) is 4.98 Å². The molecule has 0 unspecified atom stereocenters. The fourth-order valence-electron chi connectivity index (χ4n) is 5.12. The molecule has 4 aliphatic rings. The summed E-state index contributed by atoms with van der Waals surface area (Å²) in [6.07, 6.45) is 9.45. The summed E-state index contributed by atoms with van der Waals surface area (Å²) in [6.45, 7) is 1.19. The molecule has 0 saturated heterocycles. The van der Waals surface area contributed by atoms with E-state index < -0.39 is 0 Å². The zero-order valence-corrected chi connectivity index (χ0v) is 12.0. The van der Waals surface area contributed by atoms with Gasteiger partial charge >= 0.3 is 0 Å². The molecule has 4 bridgehead atoms. The summed E-state index contributed by atoms with van der Waals surface area (Å²) in [6, 6.07) is 4.08. The van der Waals surface area contributed by atoms with E-state index in [-0.39, 0.29) is 0 Å². The van der Waals surface area contributed by atoms with Gasteiger partial charge in [0, 0.05) is 18.3 Å². The van der Waals surface area contributed by atoms with Gasteiger partial charge in [-0.15, -0.1) is 0 Å². The zero-order chi connectivity index (χ0) is 13.5. The Morgan fingerprint density at radius 2 is 1.80 bits per heavy atom. The van der Waals surface area contributed by atoms with E-state index in [0.29, 0.717) is 19.3 Å². The molecule has 4 fully saturated rings. The molecule has 5 rings (SSSR count). The second-order valence-electron chi connectivity index (χ2n) is 7.02. The number of nitrogens with two attached hydrogens (primary N) is 1. The Kier molecular flexibility index (Phi) is 3.27. The molecular formula is C17H24N2O. The van der Waals surface area contributed by atoms with Crippen molar-refractivity contribution in [2.75, 3.05) is 0 Å². The number of hydrogen-bond donors (Lipinski definition) is 1. The van der Waals surface area contributed by atoms with E-state index in [1.165, 1.54) is 37.7 Å². The van der Waals surface area contributed by atoms with Crippen LogP contribution in [0.2, 0.25) is 0 Å². The Morgan fingerprint density at radius 3 is 2.45 bits per heavy atom. The van der Waals surface area contributed by atoms with Crippen LogP contribution in [0.15, 0.2) is 18.3 Å². The van der Waals surface area contributed by atoms with Gasteiger partial charge in [-0.2, -0.15) is 0 Å². The van der Waals surface area contributed by atoms with Crippen LogP contribution in [0.4, 0.5) is 0 Å². The average Bonchev–Trinajstić information content (AvgIpc) is 2.46. The molecule has 0 spiro atoms. The maximum atomic E-state index is 6.35. The first kappa shape index (κ1) is 12.8. The van der Waals surface area contributed by atoms with Crippen LogP contribution in [0.25, 0.3) is 0 Å². The van der Waals surface area contributed by atoms with Crippen molar-refractivity contribution in [1.29, 1.82) is 0 Å². The van der Waals surface area contributed by atoms with E-state index in [2.05, 4.69) is 11.1 Å². The average molecular weight is 272 g/mol. The molecule has 2 N–H and O–H groups in total. The van der Waals surface area contributed by atoms with Crippen molar-refractivity contribution < 1.29 is 4.74 Å². The molecule has 0 aliphatic heterocycles. The topological polar surface area (TPSA) is 48.1 Å². The molecule has 1 aromatic rings. The lowest BCUT2D eigenvalue weighted by atomic mass is 9.55. The zero-order valence-electron chi connectivity index (χ0n) is 12.0. The summed E-state index contributed by atoms with van der Waals surface area (Å²) < 4.78 is 6.35. The van der Waals surface area contributed by atoms with Gasteiger partial charge in [-0.1, -0.05) is 6.07 Å². The van der Waals surface area contributed by atoms with Gasteiger partial charge in [-0.05, 0) is 61.8 Å². The van der Waals surface area contributed by atoms with Crippen LogP contribution in [0.1, 0.15) is 43.4 Å². The van der Waals surface area contributed by atoms with Crippen LogP contribution in [-0.2, 0) is 17.9 Å². The van der Waals surface area contributed by atoms with Crippen molar-refractivity contribution in [1.82, 2.24) is 4.98 Å².